The number of aromatic nitrogens is 2. The van der Waals surface area contributed by atoms with Crippen molar-refractivity contribution in [2.24, 2.45) is 5.73 Å². The summed E-state index contributed by atoms with van der Waals surface area (Å²) in [5.41, 5.74) is 3.82. The molecule has 0 unspecified atom stereocenters. The Hall–Kier alpha value is -2.49. The van der Waals surface area contributed by atoms with E-state index in [4.69, 9.17) is 5.73 Å². The quantitative estimate of drug-likeness (QED) is 0.916. The van der Waals surface area contributed by atoms with Gasteiger partial charge in [-0.15, -0.1) is 0 Å². The summed E-state index contributed by atoms with van der Waals surface area (Å²) < 4.78 is 62.3. The topological polar surface area (TPSA) is 103 Å². The normalized spacial score (nSPS) is 12.1. The molecule has 1 amide bonds. The third kappa shape index (κ3) is 3.06. The van der Waals surface area contributed by atoms with E-state index in [1.807, 2.05) is 0 Å². The van der Waals surface area contributed by atoms with E-state index in [2.05, 4.69) is 9.97 Å². The highest BCUT2D eigenvalue weighted by Crippen LogP contribution is 2.31. The first-order valence-electron chi connectivity index (χ1n) is 5.66. The van der Waals surface area contributed by atoms with Crippen molar-refractivity contribution in [1.29, 1.82) is 0 Å². The van der Waals surface area contributed by atoms with E-state index in [1.165, 1.54) is 0 Å². The number of alkyl halides is 3. The molecule has 0 bridgehead atoms. The predicted octanol–water partition coefficient (Wildman–Crippen LogP) is 1.43. The van der Waals surface area contributed by atoms with Gasteiger partial charge in [-0.2, -0.15) is 13.2 Å². The van der Waals surface area contributed by atoms with Gasteiger partial charge < -0.3 is 5.73 Å². The number of primary amides is 1. The lowest BCUT2D eigenvalue weighted by molar-refractivity contribution is -0.137. The van der Waals surface area contributed by atoms with E-state index in [9.17, 15) is 26.4 Å². The van der Waals surface area contributed by atoms with Gasteiger partial charge >= 0.3 is 6.18 Å². The largest absolute Gasteiger partial charge is 0.416 e. The Balaban J connectivity index is 2.49. The monoisotopic (exact) mass is 331 g/mol. The lowest BCUT2D eigenvalue weighted by Gasteiger charge is -2.09. The fourth-order valence-electron chi connectivity index (χ4n) is 1.56. The van der Waals surface area contributed by atoms with Gasteiger partial charge in [-0.3, -0.25) is 4.79 Å². The number of halogens is 3. The average Bonchev–Trinajstić information content (AvgIpc) is 2.46. The number of sulfone groups is 1. The lowest BCUT2D eigenvalue weighted by Crippen LogP contribution is -2.16. The van der Waals surface area contributed by atoms with Crippen molar-refractivity contribution < 1.29 is 26.4 Å². The molecular weight excluding hydrogens is 323 g/mol. The summed E-state index contributed by atoms with van der Waals surface area (Å²) in [5, 5.41) is 0. The molecule has 0 fully saturated rings. The third-order valence-electron chi connectivity index (χ3n) is 2.63. The average molecular weight is 331 g/mol. The molecule has 2 rings (SSSR count). The van der Waals surface area contributed by atoms with Crippen LogP contribution < -0.4 is 5.73 Å². The van der Waals surface area contributed by atoms with E-state index in [0.29, 0.717) is 6.07 Å². The van der Waals surface area contributed by atoms with Gasteiger partial charge in [0.05, 0.1) is 22.9 Å². The van der Waals surface area contributed by atoms with Gasteiger partial charge in [-0.05, 0) is 18.2 Å². The van der Waals surface area contributed by atoms with E-state index in [0.717, 1.165) is 30.6 Å². The van der Waals surface area contributed by atoms with Crippen molar-refractivity contribution in [1.82, 2.24) is 9.97 Å². The molecule has 0 aliphatic carbocycles. The maximum atomic E-state index is 12.6. The number of nitrogens with zero attached hydrogens (tertiary/aromatic N) is 2. The van der Waals surface area contributed by atoms with E-state index in [-0.39, 0.29) is 0 Å². The molecular formula is C12H8F3N3O3S. The van der Waals surface area contributed by atoms with E-state index in [1.54, 1.807) is 0 Å². The number of hydrogen-bond acceptors (Lipinski definition) is 5. The maximum Gasteiger partial charge on any atom is 0.416 e. The van der Waals surface area contributed by atoms with Gasteiger partial charge in [-0.25, -0.2) is 18.4 Å². The molecule has 10 heteroatoms. The van der Waals surface area contributed by atoms with Crippen molar-refractivity contribution in [2.45, 2.75) is 16.0 Å². The molecule has 2 N–H and O–H groups in total. The minimum absolute atomic E-state index is 0.400. The molecule has 0 atom stereocenters. The number of hydrogen-bond donors (Lipinski definition) is 1. The van der Waals surface area contributed by atoms with Crippen molar-refractivity contribution >= 4 is 15.7 Å². The number of amides is 1. The van der Waals surface area contributed by atoms with E-state index < -0.39 is 43.1 Å². The van der Waals surface area contributed by atoms with Crippen LogP contribution in [0.15, 0.2) is 46.5 Å². The van der Waals surface area contributed by atoms with Crippen molar-refractivity contribution in [3.8, 4) is 0 Å². The molecule has 0 radical (unpaired) electrons. The van der Waals surface area contributed by atoms with Crippen LogP contribution in [0.4, 0.5) is 13.2 Å². The van der Waals surface area contributed by atoms with Crippen LogP contribution in [0.1, 0.15) is 16.2 Å². The van der Waals surface area contributed by atoms with Gasteiger partial charge in [0.15, 0.2) is 0 Å². The third-order valence-corrected chi connectivity index (χ3v) is 4.34. The Bertz CT molecular complexity index is 818. The van der Waals surface area contributed by atoms with Crippen molar-refractivity contribution in [2.75, 3.05) is 0 Å². The molecule has 1 heterocycles. The van der Waals surface area contributed by atoms with Gasteiger partial charge in [0.2, 0.25) is 15.7 Å². The summed E-state index contributed by atoms with van der Waals surface area (Å²) in [6, 6.07) is 3.27. The van der Waals surface area contributed by atoms with Crippen LogP contribution in [-0.4, -0.2) is 24.3 Å². The summed E-state index contributed by atoms with van der Waals surface area (Å²) >= 11 is 0. The smallest absolute Gasteiger partial charge is 0.363 e. The van der Waals surface area contributed by atoms with Crippen LogP contribution in [-0.2, 0) is 16.0 Å². The van der Waals surface area contributed by atoms with Gasteiger partial charge in [0.25, 0.3) is 5.91 Å². The highest BCUT2D eigenvalue weighted by atomic mass is 32.2. The molecule has 2 aromatic rings. The van der Waals surface area contributed by atoms with Crippen LogP contribution >= 0.6 is 0 Å². The molecule has 0 aliphatic rings. The van der Waals surface area contributed by atoms with Crippen molar-refractivity contribution in [3.05, 3.63) is 48.0 Å². The Morgan fingerprint density at radius 1 is 1.09 bits per heavy atom. The second-order valence-electron chi connectivity index (χ2n) is 4.14. The summed E-state index contributed by atoms with van der Waals surface area (Å²) in [6.45, 7) is 0. The Labute approximate surface area is 122 Å². The summed E-state index contributed by atoms with van der Waals surface area (Å²) in [4.78, 5) is 16.7. The van der Waals surface area contributed by atoms with Gasteiger partial charge in [-0.1, -0.05) is 6.07 Å². The zero-order chi connectivity index (χ0) is 16.5. The minimum atomic E-state index is -4.67. The molecule has 6 nitrogen and oxygen atoms in total. The Kier molecular flexibility index (Phi) is 3.88. The van der Waals surface area contributed by atoms with Crippen LogP contribution in [0.2, 0.25) is 0 Å². The lowest BCUT2D eigenvalue weighted by atomic mass is 10.2. The molecule has 22 heavy (non-hydrogen) atoms. The number of rotatable bonds is 3. The van der Waals surface area contributed by atoms with Crippen LogP contribution in [0.5, 0.6) is 0 Å². The first-order valence-corrected chi connectivity index (χ1v) is 7.15. The second-order valence-corrected chi connectivity index (χ2v) is 6.09. The van der Waals surface area contributed by atoms with Crippen molar-refractivity contribution in [3.63, 3.8) is 0 Å². The molecule has 0 saturated carbocycles. The molecule has 0 spiro atoms. The highest BCUT2D eigenvalue weighted by Gasteiger charge is 2.32. The second kappa shape index (κ2) is 5.37. The minimum Gasteiger partial charge on any atom is -0.363 e. The zero-order valence-corrected chi connectivity index (χ0v) is 11.5. The Morgan fingerprint density at radius 2 is 1.68 bits per heavy atom. The first-order chi connectivity index (χ1) is 10.1. The van der Waals surface area contributed by atoms with Crippen LogP contribution in [0.25, 0.3) is 0 Å². The number of carbonyl (C=O) groups is 1. The Morgan fingerprint density at radius 3 is 2.18 bits per heavy atom. The molecule has 1 aromatic heterocycles. The summed E-state index contributed by atoms with van der Waals surface area (Å²) in [5.74, 6) is -1.36. The van der Waals surface area contributed by atoms with Crippen LogP contribution in [0, 0.1) is 0 Å². The zero-order valence-electron chi connectivity index (χ0n) is 10.7. The summed E-state index contributed by atoms with van der Waals surface area (Å²) in [6.07, 6.45) is -3.05. The summed E-state index contributed by atoms with van der Waals surface area (Å²) in [7, 11) is -4.24. The fraction of sp³-hybridized carbons (Fsp3) is 0.0833. The number of carbonyl (C=O) groups excluding carboxylic acids is 1. The van der Waals surface area contributed by atoms with E-state index >= 15 is 0 Å². The fourth-order valence-corrected chi connectivity index (χ4v) is 2.75. The number of nitrogens with two attached hydrogens (primary N) is 1. The number of benzene rings is 1. The van der Waals surface area contributed by atoms with Gasteiger partial charge in [0, 0.05) is 0 Å². The first kappa shape index (κ1) is 15.9. The highest BCUT2D eigenvalue weighted by molar-refractivity contribution is 7.91. The SMILES string of the molecule is NC(=O)c1ncc(S(=O)(=O)c2cccc(C(F)(F)F)c2)cn1. The molecule has 0 saturated heterocycles. The molecule has 116 valence electrons. The van der Waals surface area contributed by atoms with Crippen LogP contribution in [0.3, 0.4) is 0 Å². The maximum absolute atomic E-state index is 12.6. The predicted molar refractivity (Wildman–Crippen MR) is 67.4 cm³/mol. The molecule has 1 aromatic carbocycles. The standard InChI is InChI=1S/C12H8F3N3O3S/c13-12(14,15)7-2-1-3-8(4-7)22(20,21)9-5-17-11(10(16)19)18-6-9/h1-6H,(H2,16,19). The molecule has 0 aliphatic heterocycles. The van der Waals surface area contributed by atoms with Gasteiger partial charge in [0.1, 0.15) is 4.90 Å².